The fraction of sp³-hybridized carbons (Fsp3) is 0.538. The van der Waals surface area contributed by atoms with Gasteiger partial charge in [-0.3, -0.25) is 0 Å². The van der Waals surface area contributed by atoms with Crippen LogP contribution in [0.2, 0.25) is 0 Å². The van der Waals surface area contributed by atoms with E-state index < -0.39 is 11.7 Å². The molecule has 0 unspecified atom stereocenters. The van der Waals surface area contributed by atoms with Crippen LogP contribution in [0.1, 0.15) is 36.8 Å². The third kappa shape index (κ3) is 3.16. The molecule has 0 heterocycles. The van der Waals surface area contributed by atoms with E-state index in [-0.39, 0.29) is 5.69 Å². The molecule has 0 bridgehead atoms. The molecular formula is C13H17F3N2. The van der Waals surface area contributed by atoms with Crippen molar-refractivity contribution >= 4 is 5.69 Å². The second-order valence-electron chi connectivity index (χ2n) is 4.78. The normalized spacial score (nSPS) is 17.3. The van der Waals surface area contributed by atoms with Crippen LogP contribution in [0.3, 0.4) is 0 Å². The van der Waals surface area contributed by atoms with E-state index in [1.54, 1.807) is 6.07 Å². The maximum Gasteiger partial charge on any atom is 0.418 e. The van der Waals surface area contributed by atoms with E-state index in [0.29, 0.717) is 18.2 Å². The van der Waals surface area contributed by atoms with Crippen molar-refractivity contribution < 1.29 is 13.2 Å². The second-order valence-corrected chi connectivity index (χ2v) is 4.78. The molecule has 5 heteroatoms. The summed E-state index contributed by atoms with van der Waals surface area (Å²) in [7, 11) is 0. The fourth-order valence-corrected chi connectivity index (χ4v) is 2.35. The maximum absolute atomic E-state index is 12.7. The molecule has 0 atom stereocenters. The maximum atomic E-state index is 12.7. The summed E-state index contributed by atoms with van der Waals surface area (Å²) in [6.45, 7) is 0.466. The topological polar surface area (TPSA) is 38.0 Å². The molecule has 1 saturated carbocycles. The number of rotatable bonds is 3. The quantitative estimate of drug-likeness (QED) is 0.816. The first kappa shape index (κ1) is 13.2. The summed E-state index contributed by atoms with van der Waals surface area (Å²) in [4.78, 5) is 0. The third-order valence-electron chi connectivity index (χ3n) is 3.37. The molecule has 0 amide bonds. The van der Waals surface area contributed by atoms with Crippen LogP contribution in [0.4, 0.5) is 18.9 Å². The zero-order valence-corrected chi connectivity index (χ0v) is 10.1. The summed E-state index contributed by atoms with van der Waals surface area (Å²) in [6.07, 6.45) is 0.246. The third-order valence-corrected chi connectivity index (χ3v) is 3.37. The number of hydrogen-bond donors (Lipinski definition) is 2. The number of alkyl halides is 3. The molecule has 1 aromatic carbocycles. The van der Waals surface area contributed by atoms with Gasteiger partial charge in [-0.25, -0.2) is 0 Å². The Bertz CT molecular complexity index is 409. The predicted octanol–water partition coefficient (Wildman–Crippen LogP) is 3.32. The first-order chi connectivity index (χ1) is 8.47. The molecule has 1 fully saturated rings. The van der Waals surface area contributed by atoms with Crippen molar-refractivity contribution in [2.24, 2.45) is 0 Å². The molecule has 3 N–H and O–H groups in total. The Labute approximate surface area is 104 Å². The molecule has 0 saturated heterocycles. The summed E-state index contributed by atoms with van der Waals surface area (Å²) in [5.41, 5.74) is 5.02. The van der Waals surface area contributed by atoms with Crippen LogP contribution in [0.15, 0.2) is 18.2 Å². The summed E-state index contributed by atoms with van der Waals surface area (Å²) in [6, 6.07) is 4.55. The summed E-state index contributed by atoms with van der Waals surface area (Å²) >= 11 is 0. The average Bonchev–Trinajstić information content (AvgIpc) is 2.79. The molecule has 18 heavy (non-hydrogen) atoms. The van der Waals surface area contributed by atoms with Crippen LogP contribution in [0.5, 0.6) is 0 Å². The van der Waals surface area contributed by atoms with Gasteiger partial charge < -0.3 is 11.1 Å². The molecule has 0 aliphatic heterocycles. The van der Waals surface area contributed by atoms with E-state index in [4.69, 9.17) is 5.73 Å². The number of anilines is 1. The van der Waals surface area contributed by atoms with Crippen molar-refractivity contribution in [1.82, 2.24) is 5.32 Å². The lowest BCUT2D eigenvalue weighted by atomic mass is 10.1. The Morgan fingerprint density at radius 3 is 2.50 bits per heavy atom. The first-order valence-electron chi connectivity index (χ1n) is 6.16. The SMILES string of the molecule is Nc1ccc(CNC2CCCC2)cc1C(F)(F)F. The van der Waals surface area contributed by atoms with Crippen LogP contribution in [-0.2, 0) is 12.7 Å². The number of halogens is 3. The second kappa shape index (κ2) is 5.18. The zero-order chi connectivity index (χ0) is 13.2. The number of hydrogen-bond acceptors (Lipinski definition) is 2. The van der Waals surface area contributed by atoms with Gasteiger partial charge in [0.25, 0.3) is 0 Å². The van der Waals surface area contributed by atoms with Gasteiger partial charge in [-0.05, 0) is 30.5 Å². The van der Waals surface area contributed by atoms with Gasteiger partial charge in [-0.2, -0.15) is 13.2 Å². The van der Waals surface area contributed by atoms with Gasteiger partial charge >= 0.3 is 6.18 Å². The Hall–Kier alpha value is -1.23. The molecule has 0 spiro atoms. The van der Waals surface area contributed by atoms with Crippen LogP contribution in [0, 0.1) is 0 Å². The van der Waals surface area contributed by atoms with Crippen molar-refractivity contribution in [3.8, 4) is 0 Å². The van der Waals surface area contributed by atoms with Crippen molar-refractivity contribution in [3.05, 3.63) is 29.3 Å². The molecule has 1 aromatic rings. The number of nitrogens with one attached hydrogen (secondary N) is 1. The minimum Gasteiger partial charge on any atom is -0.398 e. The lowest BCUT2D eigenvalue weighted by Gasteiger charge is -2.14. The van der Waals surface area contributed by atoms with E-state index in [0.717, 1.165) is 18.9 Å². The highest BCUT2D eigenvalue weighted by Crippen LogP contribution is 2.34. The minimum absolute atomic E-state index is 0.216. The summed E-state index contributed by atoms with van der Waals surface area (Å²) in [5.74, 6) is 0. The number of nitrogen functional groups attached to an aromatic ring is 1. The van der Waals surface area contributed by atoms with Gasteiger partial charge in [0.05, 0.1) is 5.56 Å². The van der Waals surface area contributed by atoms with Gasteiger partial charge in [0.2, 0.25) is 0 Å². The first-order valence-corrected chi connectivity index (χ1v) is 6.16. The average molecular weight is 258 g/mol. The summed E-state index contributed by atoms with van der Waals surface area (Å²) < 4.78 is 38.0. The Morgan fingerprint density at radius 2 is 1.89 bits per heavy atom. The van der Waals surface area contributed by atoms with Gasteiger partial charge in [0, 0.05) is 18.3 Å². The largest absolute Gasteiger partial charge is 0.418 e. The smallest absolute Gasteiger partial charge is 0.398 e. The van der Waals surface area contributed by atoms with Crippen LogP contribution in [0.25, 0.3) is 0 Å². The number of benzene rings is 1. The molecule has 2 rings (SSSR count). The Morgan fingerprint density at radius 1 is 1.22 bits per heavy atom. The standard InChI is InChI=1S/C13H17F3N2/c14-13(15,16)11-7-9(5-6-12(11)17)8-18-10-3-1-2-4-10/h5-7,10,18H,1-4,8,17H2. The molecule has 2 nitrogen and oxygen atoms in total. The molecule has 0 aromatic heterocycles. The van der Waals surface area contributed by atoms with Crippen LogP contribution < -0.4 is 11.1 Å². The van der Waals surface area contributed by atoms with Crippen molar-refractivity contribution in [1.29, 1.82) is 0 Å². The van der Waals surface area contributed by atoms with Gasteiger partial charge in [-0.15, -0.1) is 0 Å². The van der Waals surface area contributed by atoms with E-state index in [1.165, 1.54) is 18.9 Å². The predicted molar refractivity (Wildman–Crippen MR) is 65.0 cm³/mol. The monoisotopic (exact) mass is 258 g/mol. The molecule has 100 valence electrons. The highest BCUT2D eigenvalue weighted by atomic mass is 19.4. The van der Waals surface area contributed by atoms with Crippen molar-refractivity contribution in [3.63, 3.8) is 0 Å². The van der Waals surface area contributed by atoms with Crippen molar-refractivity contribution in [2.45, 2.75) is 44.4 Å². The van der Waals surface area contributed by atoms with Crippen LogP contribution in [-0.4, -0.2) is 6.04 Å². The molecule has 1 aliphatic rings. The summed E-state index contributed by atoms with van der Waals surface area (Å²) in [5, 5.41) is 3.29. The number of nitrogens with two attached hydrogens (primary N) is 1. The fourth-order valence-electron chi connectivity index (χ4n) is 2.35. The zero-order valence-electron chi connectivity index (χ0n) is 10.1. The molecule has 1 aliphatic carbocycles. The minimum atomic E-state index is -4.38. The lowest BCUT2D eigenvalue weighted by molar-refractivity contribution is -0.136. The Balaban J connectivity index is 2.04. The highest BCUT2D eigenvalue weighted by molar-refractivity contribution is 5.50. The van der Waals surface area contributed by atoms with E-state index in [1.807, 2.05) is 0 Å². The van der Waals surface area contributed by atoms with Gasteiger partial charge in [0.15, 0.2) is 0 Å². The van der Waals surface area contributed by atoms with Gasteiger partial charge in [-0.1, -0.05) is 18.9 Å². The van der Waals surface area contributed by atoms with Crippen LogP contribution >= 0.6 is 0 Å². The Kier molecular flexibility index (Phi) is 3.80. The highest BCUT2D eigenvalue weighted by Gasteiger charge is 2.33. The van der Waals surface area contributed by atoms with Gasteiger partial charge in [0.1, 0.15) is 0 Å². The van der Waals surface area contributed by atoms with E-state index in [9.17, 15) is 13.2 Å². The van der Waals surface area contributed by atoms with E-state index >= 15 is 0 Å². The molecule has 0 radical (unpaired) electrons. The lowest BCUT2D eigenvalue weighted by Crippen LogP contribution is -2.25. The molecular weight excluding hydrogens is 241 g/mol. The van der Waals surface area contributed by atoms with E-state index in [2.05, 4.69) is 5.32 Å². The van der Waals surface area contributed by atoms with Crippen molar-refractivity contribution in [2.75, 3.05) is 5.73 Å².